The first-order chi connectivity index (χ1) is 8.22. The first-order valence-electron chi connectivity index (χ1n) is 6.44. The quantitative estimate of drug-likeness (QED) is 0.602. The van der Waals surface area contributed by atoms with E-state index < -0.39 is 11.9 Å². The number of halogens is 2. The van der Waals surface area contributed by atoms with Crippen LogP contribution in [0.3, 0.4) is 0 Å². The van der Waals surface area contributed by atoms with Gasteiger partial charge in [0.1, 0.15) is 5.25 Å². The smallest absolute Gasteiger partial charge is 0.316 e. The van der Waals surface area contributed by atoms with Gasteiger partial charge in [0, 0.05) is 6.42 Å². The summed E-state index contributed by atoms with van der Waals surface area (Å²) in [6, 6.07) is 0. The van der Waals surface area contributed by atoms with Crippen LogP contribution in [0.2, 0.25) is 0 Å². The summed E-state index contributed by atoms with van der Waals surface area (Å²) >= 11 is 1.43. The van der Waals surface area contributed by atoms with Gasteiger partial charge in [-0.3, -0.25) is 4.79 Å². The Morgan fingerprint density at radius 1 is 1.28 bits per heavy atom. The standard InChI is InChI=1S/C13H24F2O2S/c1-10(2)9-11(12(16)17)18-8-6-4-5-7-13(3,14)15/h10-11H,4-9H2,1-3H3,(H,16,17). The normalized spacial score (nSPS) is 13.9. The minimum Gasteiger partial charge on any atom is -0.480 e. The lowest BCUT2D eigenvalue weighted by molar-refractivity contribution is -0.136. The molecule has 0 aliphatic carbocycles. The number of thioether (sulfide) groups is 1. The average molecular weight is 282 g/mol. The molecule has 0 rings (SSSR count). The second-order valence-corrected chi connectivity index (χ2v) is 6.52. The van der Waals surface area contributed by atoms with Crippen LogP contribution in [-0.2, 0) is 4.79 Å². The van der Waals surface area contributed by atoms with E-state index in [2.05, 4.69) is 0 Å². The molecule has 0 aromatic rings. The predicted molar refractivity (Wildman–Crippen MR) is 72.4 cm³/mol. The van der Waals surface area contributed by atoms with Crippen molar-refractivity contribution < 1.29 is 18.7 Å². The molecular formula is C13H24F2O2S. The Balaban J connectivity index is 3.65. The number of unbranched alkanes of at least 4 members (excludes halogenated alkanes) is 2. The van der Waals surface area contributed by atoms with Crippen LogP contribution in [0.25, 0.3) is 0 Å². The van der Waals surface area contributed by atoms with Crippen molar-refractivity contribution in [3.63, 3.8) is 0 Å². The molecule has 1 unspecified atom stereocenters. The number of rotatable bonds is 10. The van der Waals surface area contributed by atoms with Crippen LogP contribution < -0.4 is 0 Å². The summed E-state index contributed by atoms with van der Waals surface area (Å²) in [7, 11) is 0. The largest absolute Gasteiger partial charge is 0.480 e. The highest BCUT2D eigenvalue weighted by atomic mass is 32.2. The minimum atomic E-state index is -2.58. The third-order valence-electron chi connectivity index (χ3n) is 2.54. The lowest BCUT2D eigenvalue weighted by Crippen LogP contribution is -2.19. The zero-order chi connectivity index (χ0) is 14.2. The van der Waals surface area contributed by atoms with Crippen LogP contribution in [0.5, 0.6) is 0 Å². The van der Waals surface area contributed by atoms with Gasteiger partial charge in [0.05, 0.1) is 0 Å². The molecule has 0 aliphatic rings. The van der Waals surface area contributed by atoms with Gasteiger partial charge in [0.2, 0.25) is 5.92 Å². The van der Waals surface area contributed by atoms with Crippen LogP contribution in [0.15, 0.2) is 0 Å². The highest BCUT2D eigenvalue weighted by Crippen LogP contribution is 2.23. The van der Waals surface area contributed by atoms with E-state index in [1.807, 2.05) is 13.8 Å². The van der Waals surface area contributed by atoms with Crippen LogP contribution in [0, 0.1) is 5.92 Å². The number of hydrogen-bond acceptors (Lipinski definition) is 2. The molecule has 0 saturated carbocycles. The van der Waals surface area contributed by atoms with Crippen molar-refractivity contribution in [3.05, 3.63) is 0 Å². The molecule has 5 heteroatoms. The molecule has 0 radical (unpaired) electrons. The number of hydrogen-bond donors (Lipinski definition) is 1. The van der Waals surface area contributed by atoms with Crippen molar-refractivity contribution in [2.75, 3.05) is 5.75 Å². The van der Waals surface area contributed by atoms with Crippen molar-refractivity contribution >= 4 is 17.7 Å². The van der Waals surface area contributed by atoms with Gasteiger partial charge in [-0.25, -0.2) is 8.78 Å². The average Bonchev–Trinajstić information content (AvgIpc) is 2.18. The molecule has 18 heavy (non-hydrogen) atoms. The molecule has 0 bridgehead atoms. The summed E-state index contributed by atoms with van der Waals surface area (Å²) in [5, 5.41) is 8.65. The molecular weight excluding hydrogens is 258 g/mol. The van der Waals surface area contributed by atoms with Gasteiger partial charge in [0.15, 0.2) is 0 Å². The zero-order valence-electron chi connectivity index (χ0n) is 11.4. The molecule has 1 atom stereocenters. The zero-order valence-corrected chi connectivity index (χ0v) is 12.2. The van der Waals surface area contributed by atoms with Crippen LogP contribution in [0.1, 0.15) is 52.9 Å². The fourth-order valence-corrected chi connectivity index (χ4v) is 2.93. The van der Waals surface area contributed by atoms with Gasteiger partial charge in [0.25, 0.3) is 0 Å². The molecule has 0 heterocycles. The second kappa shape index (κ2) is 8.73. The topological polar surface area (TPSA) is 37.3 Å². The molecule has 0 aliphatic heterocycles. The van der Waals surface area contributed by atoms with Gasteiger partial charge >= 0.3 is 5.97 Å². The van der Waals surface area contributed by atoms with E-state index in [0.29, 0.717) is 18.8 Å². The van der Waals surface area contributed by atoms with E-state index in [9.17, 15) is 13.6 Å². The van der Waals surface area contributed by atoms with Crippen molar-refractivity contribution in [1.82, 2.24) is 0 Å². The molecule has 1 N–H and O–H groups in total. The third kappa shape index (κ3) is 10.8. The van der Waals surface area contributed by atoms with E-state index >= 15 is 0 Å². The summed E-state index contributed by atoms with van der Waals surface area (Å²) in [5.41, 5.74) is 0. The molecule has 0 amide bonds. The number of alkyl halides is 2. The summed E-state index contributed by atoms with van der Waals surface area (Å²) in [6.45, 7) is 4.94. The lowest BCUT2D eigenvalue weighted by Gasteiger charge is -2.14. The summed E-state index contributed by atoms with van der Waals surface area (Å²) in [6.07, 6.45) is 2.64. The number of carbonyl (C=O) groups is 1. The maximum atomic E-state index is 12.5. The van der Waals surface area contributed by atoms with E-state index in [1.54, 1.807) is 0 Å². The molecule has 2 nitrogen and oxygen atoms in total. The highest BCUT2D eigenvalue weighted by molar-refractivity contribution is 8.00. The van der Waals surface area contributed by atoms with Gasteiger partial charge in [-0.05, 0) is 37.9 Å². The van der Waals surface area contributed by atoms with E-state index in [1.165, 1.54) is 11.8 Å². The van der Waals surface area contributed by atoms with Crippen molar-refractivity contribution in [3.8, 4) is 0 Å². The Morgan fingerprint density at radius 3 is 2.33 bits per heavy atom. The number of aliphatic carboxylic acids is 1. The Bertz CT molecular complexity index is 240. The van der Waals surface area contributed by atoms with Crippen LogP contribution in [-0.4, -0.2) is 28.0 Å². The lowest BCUT2D eigenvalue weighted by atomic mass is 10.1. The Hall–Kier alpha value is -0.320. The van der Waals surface area contributed by atoms with E-state index in [0.717, 1.165) is 25.5 Å². The second-order valence-electron chi connectivity index (χ2n) is 5.21. The molecule has 0 spiro atoms. The monoisotopic (exact) mass is 282 g/mol. The predicted octanol–water partition coefficient (Wildman–Crippen LogP) is 4.43. The molecule has 0 fully saturated rings. The highest BCUT2D eigenvalue weighted by Gasteiger charge is 2.20. The van der Waals surface area contributed by atoms with Gasteiger partial charge in [-0.1, -0.05) is 20.3 Å². The van der Waals surface area contributed by atoms with Crippen molar-refractivity contribution in [1.29, 1.82) is 0 Å². The number of carboxylic acids is 1. The maximum absolute atomic E-state index is 12.5. The van der Waals surface area contributed by atoms with Crippen molar-refractivity contribution in [2.45, 2.75) is 64.0 Å². The summed E-state index contributed by atoms with van der Waals surface area (Å²) in [4.78, 5) is 11.0. The fourth-order valence-electron chi connectivity index (χ4n) is 1.61. The molecule has 0 saturated heterocycles. The SMILES string of the molecule is CC(C)CC(SCCCCCC(C)(F)F)C(=O)O. The Labute approximate surface area is 113 Å². The molecule has 0 aromatic carbocycles. The van der Waals surface area contributed by atoms with Gasteiger partial charge in [-0.2, -0.15) is 0 Å². The summed E-state index contributed by atoms with van der Waals surface area (Å²) < 4.78 is 25.1. The Kier molecular flexibility index (Phi) is 8.57. The Morgan fingerprint density at radius 2 is 1.89 bits per heavy atom. The van der Waals surface area contributed by atoms with Crippen LogP contribution in [0.4, 0.5) is 8.78 Å². The van der Waals surface area contributed by atoms with E-state index in [4.69, 9.17) is 5.11 Å². The molecule has 108 valence electrons. The summed E-state index contributed by atoms with van der Waals surface area (Å²) in [5.74, 6) is -2.25. The maximum Gasteiger partial charge on any atom is 0.316 e. The third-order valence-corrected chi connectivity index (χ3v) is 3.86. The van der Waals surface area contributed by atoms with Crippen LogP contribution >= 0.6 is 11.8 Å². The number of carboxylic acid groups (broad SMARTS) is 1. The van der Waals surface area contributed by atoms with Gasteiger partial charge < -0.3 is 5.11 Å². The molecule has 0 aromatic heterocycles. The first-order valence-corrected chi connectivity index (χ1v) is 7.49. The van der Waals surface area contributed by atoms with E-state index in [-0.39, 0.29) is 11.7 Å². The van der Waals surface area contributed by atoms with Crippen molar-refractivity contribution in [2.24, 2.45) is 5.92 Å². The fraction of sp³-hybridized carbons (Fsp3) is 0.923. The minimum absolute atomic E-state index is 0.0774. The van der Waals surface area contributed by atoms with Gasteiger partial charge in [-0.15, -0.1) is 11.8 Å². The first kappa shape index (κ1) is 17.7.